The highest BCUT2D eigenvalue weighted by Crippen LogP contribution is 2.23. The number of ether oxygens (including phenoxy) is 1. The summed E-state index contributed by atoms with van der Waals surface area (Å²) in [7, 11) is 0. The van der Waals surface area contributed by atoms with Gasteiger partial charge in [0.25, 0.3) is 0 Å². The molecule has 0 spiro atoms. The number of hydrogen-bond acceptors (Lipinski definition) is 4. The van der Waals surface area contributed by atoms with Crippen molar-refractivity contribution in [1.82, 2.24) is 10.3 Å². The first-order chi connectivity index (χ1) is 17.7. The SMILES string of the molecule is CC(C)CCNc1ccc(NC(=O)NCCc2cccnc2)cc1C#Cc1ccc(OC(F)(F)F)cc1. The van der Waals surface area contributed by atoms with Crippen LogP contribution in [0.5, 0.6) is 5.75 Å². The second-order valence-corrected chi connectivity index (χ2v) is 8.68. The first-order valence-electron chi connectivity index (χ1n) is 11.9. The second kappa shape index (κ2) is 13.2. The quantitative estimate of drug-likeness (QED) is 0.300. The number of nitrogens with zero attached hydrogens (tertiary/aromatic N) is 1. The average Bonchev–Trinajstić information content (AvgIpc) is 2.84. The first-order valence-corrected chi connectivity index (χ1v) is 11.9. The number of anilines is 2. The van der Waals surface area contributed by atoms with Gasteiger partial charge in [0.2, 0.25) is 0 Å². The van der Waals surface area contributed by atoms with Crippen LogP contribution in [-0.4, -0.2) is 30.5 Å². The third-order valence-corrected chi connectivity index (χ3v) is 5.17. The van der Waals surface area contributed by atoms with Crippen molar-refractivity contribution in [2.45, 2.75) is 33.1 Å². The molecule has 194 valence electrons. The summed E-state index contributed by atoms with van der Waals surface area (Å²) in [5.41, 5.74) is 3.55. The molecule has 3 rings (SSSR count). The number of carbonyl (C=O) groups excluding carboxylic acids is 1. The Kier molecular flexibility index (Phi) is 9.78. The van der Waals surface area contributed by atoms with E-state index < -0.39 is 6.36 Å². The molecule has 0 bridgehead atoms. The van der Waals surface area contributed by atoms with Crippen molar-refractivity contribution in [3.05, 3.63) is 83.7 Å². The van der Waals surface area contributed by atoms with Gasteiger partial charge in [-0.1, -0.05) is 31.8 Å². The Hall–Kier alpha value is -4.19. The Bertz CT molecular complexity index is 1220. The zero-order chi connectivity index (χ0) is 26.7. The van der Waals surface area contributed by atoms with Gasteiger partial charge in [0.15, 0.2) is 0 Å². The number of halogens is 3. The lowest BCUT2D eigenvalue weighted by Crippen LogP contribution is -2.30. The normalized spacial score (nSPS) is 10.9. The summed E-state index contributed by atoms with van der Waals surface area (Å²) in [6.07, 6.45) is 0.327. The van der Waals surface area contributed by atoms with Crippen LogP contribution in [0.1, 0.15) is 37.0 Å². The van der Waals surface area contributed by atoms with Crippen LogP contribution >= 0.6 is 0 Å². The molecule has 0 aliphatic carbocycles. The van der Waals surface area contributed by atoms with Gasteiger partial charge in [0, 0.05) is 36.7 Å². The molecule has 0 saturated carbocycles. The topological polar surface area (TPSA) is 75.3 Å². The van der Waals surface area contributed by atoms with Crippen LogP contribution < -0.4 is 20.7 Å². The summed E-state index contributed by atoms with van der Waals surface area (Å²) < 4.78 is 41.1. The summed E-state index contributed by atoms with van der Waals surface area (Å²) >= 11 is 0. The van der Waals surface area contributed by atoms with Crippen LogP contribution in [0.3, 0.4) is 0 Å². The van der Waals surface area contributed by atoms with Crippen LogP contribution in [0.4, 0.5) is 29.3 Å². The second-order valence-electron chi connectivity index (χ2n) is 8.68. The van der Waals surface area contributed by atoms with Gasteiger partial charge < -0.3 is 20.7 Å². The molecule has 3 aromatic rings. The largest absolute Gasteiger partial charge is 0.573 e. The van der Waals surface area contributed by atoms with Gasteiger partial charge in [-0.2, -0.15) is 0 Å². The average molecular weight is 511 g/mol. The Morgan fingerprint density at radius 2 is 1.84 bits per heavy atom. The van der Waals surface area contributed by atoms with E-state index in [0.717, 1.165) is 24.2 Å². The fourth-order valence-electron chi connectivity index (χ4n) is 3.30. The summed E-state index contributed by atoms with van der Waals surface area (Å²) in [5, 5.41) is 9.00. The fraction of sp³-hybridized carbons (Fsp3) is 0.286. The fourth-order valence-corrected chi connectivity index (χ4v) is 3.30. The van der Waals surface area contributed by atoms with Gasteiger partial charge in [-0.3, -0.25) is 4.98 Å². The molecule has 1 heterocycles. The maximum Gasteiger partial charge on any atom is 0.573 e. The Morgan fingerprint density at radius 1 is 1.05 bits per heavy atom. The van der Waals surface area contributed by atoms with Gasteiger partial charge in [-0.15, -0.1) is 13.2 Å². The van der Waals surface area contributed by atoms with E-state index in [2.05, 4.69) is 51.4 Å². The van der Waals surface area contributed by atoms with Crippen molar-refractivity contribution in [3.63, 3.8) is 0 Å². The molecule has 3 N–H and O–H groups in total. The van der Waals surface area contributed by atoms with Crippen molar-refractivity contribution in [2.24, 2.45) is 5.92 Å². The van der Waals surface area contributed by atoms with E-state index in [-0.39, 0.29) is 11.8 Å². The van der Waals surface area contributed by atoms with E-state index in [9.17, 15) is 18.0 Å². The number of amides is 2. The summed E-state index contributed by atoms with van der Waals surface area (Å²) in [6, 6.07) is 14.2. The summed E-state index contributed by atoms with van der Waals surface area (Å²) in [4.78, 5) is 16.4. The highest BCUT2D eigenvalue weighted by atomic mass is 19.4. The maximum atomic E-state index is 12.4. The molecule has 0 fully saturated rings. The van der Waals surface area contributed by atoms with Crippen molar-refractivity contribution >= 4 is 17.4 Å². The Balaban J connectivity index is 1.69. The first kappa shape index (κ1) is 27.4. The predicted octanol–water partition coefficient (Wildman–Crippen LogP) is 6.20. The molecule has 2 aromatic carbocycles. The van der Waals surface area contributed by atoms with E-state index >= 15 is 0 Å². The van der Waals surface area contributed by atoms with Crippen LogP contribution in [0.15, 0.2) is 67.0 Å². The third-order valence-electron chi connectivity index (χ3n) is 5.17. The van der Waals surface area contributed by atoms with Crippen LogP contribution in [0.25, 0.3) is 0 Å². The minimum atomic E-state index is -4.75. The Labute approximate surface area is 214 Å². The summed E-state index contributed by atoms with van der Waals surface area (Å²) in [6.45, 7) is 5.47. The minimum absolute atomic E-state index is 0.310. The molecule has 37 heavy (non-hydrogen) atoms. The molecule has 0 saturated heterocycles. The molecule has 0 radical (unpaired) electrons. The van der Waals surface area contributed by atoms with E-state index in [1.165, 1.54) is 24.3 Å². The number of aromatic nitrogens is 1. The molecule has 9 heteroatoms. The molecule has 2 amide bonds. The molecule has 0 aliphatic rings. The van der Waals surface area contributed by atoms with E-state index in [1.54, 1.807) is 24.5 Å². The number of hydrogen-bond donors (Lipinski definition) is 3. The lowest BCUT2D eigenvalue weighted by atomic mass is 10.1. The van der Waals surface area contributed by atoms with Crippen molar-refractivity contribution < 1.29 is 22.7 Å². The van der Waals surface area contributed by atoms with Gasteiger partial charge >= 0.3 is 12.4 Å². The van der Waals surface area contributed by atoms with E-state index in [1.807, 2.05) is 18.2 Å². The molecule has 0 atom stereocenters. The zero-order valence-electron chi connectivity index (χ0n) is 20.7. The predicted molar refractivity (Wildman–Crippen MR) is 138 cm³/mol. The highest BCUT2D eigenvalue weighted by molar-refractivity contribution is 5.90. The lowest BCUT2D eigenvalue weighted by Gasteiger charge is -2.13. The number of benzene rings is 2. The molecule has 1 aromatic heterocycles. The molecular weight excluding hydrogens is 481 g/mol. The van der Waals surface area contributed by atoms with Gasteiger partial charge in [0.05, 0.1) is 11.3 Å². The van der Waals surface area contributed by atoms with Crippen LogP contribution in [-0.2, 0) is 6.42 Å². The Morgan fingerprint density at radius 3 is 2.51 bits per heavy atom. The number of rotatable bonds is 9. The number of alkyl halides is 3. The van der Waals surface area contributed by atoms with Gasteiger partial charge in [-0.05, 0) is 72.9 Å². The van der Waals surface area contributed by atoms with Gasteiger partial charge in [-0.25, -0.2) is 4.79 Å². The smallest absolute Gasteiger partial charge is 0.406 e. The van der Waals surface area contributed by atoms with E-state index in [4.69, 9.17) is 0 Å². The number of nitrogens with one attached hydrogen (secondary N) is 3. The molecule has 6 nitrogen and oxygen atoms in total. The highest BCUT2D eigenvalue weighted by Gasteiger charge is 2.30. The molecule has 0 aliphatic heterocycles. The zero-order valence-corrected chi connectivity index (χ0v) is 20.7. The van der Waals surface area contributed by atoms with Crippen LogP contribution in [0.2, 0.25) is 0 Å². The standard InChI is InChI=1S/C28H29F3N4O2/c1-20(2)13-16-33-26-12-9-24(35-27(36)34-17-14-22-4-3-15-32-19-22)18-23(26)8-5-21-6-10-25(11-7-21)37-28(29,30)31/h3-4,6-7,9-12,15,18-20,33H,13-14,16-17H2,1-2H3,(H2,34,35,36). The molecule has 0 unspecified atom stereocenters. The number of pyridine rings is 1. The van der Waals surface area contributed by atoms with E-state index in [0.29, 0.717) is 35.7 Å². The number of carbonyl (C=O) groups is 1. The number of urea groups is 1. The summed E-state index contributed by atoms with van der Waals surface area (Å²) in [5.74, 6) is 6.24. The third kappa shape index (κ3) is 10.1. The maximum absolute atomic E-state index is 12.4. The van der Waals surface area contributed by atoms with Crippen molar-refractivity contribution in [3.8, 4) is 17.6 Å². The minimum Gasteiger partial charge on any atom is -0.406 e. The van der Waals surface area contributed by atoms with Crippen LogP contribution in [0, 0.1) is 17.8 Å². The van der Waals surface area contributed by atoms with Crippen molar-refractivity contribution in [2.75, 3.05) is 23.7 Å². The lowest BCUT2D eigenvalue weighted by molar-refractivity contribution is -0.274. The molecular formula is C28H29F3N4O2. The monoisotopic (exact) mass is 510 g/mol. The van der Waals surface area contributed by atoms with Gasteiger partial charge in [0.1, 0.15) is 5.75 Å². The van der Waals surface area contributed by atoms with Crippen molar-refractivity contribution in [1.29, 1.82) is 0 Å².